The van der Waals surface area contributed by atoms with Gasteiger partial charge in [-0.2, -0.15) is 0 Å². The molecule has 1 aromatic rings. The highest BCUT2D eigenvalue weighted by molar-refractivity contribution is 5.59. The van der Waals surface area contributed by atoms with Gasteiger partial charge in [-0.1, -0.05) is 18.2 Å². The molecule has 0 aliphatic carbocycles. The fourth-order valence-electron chi connectivity index (χ4n) is 0.808. The Balaban J connectivity index is 2.65. The zero-order valence-electron chi connectivity index (χ0n) is 6.60. The largest absolute Gasteiger partial charge is 0.530 e. The van der Waals surface area contributed by atoms with Gasteiger partial charge in [0, 0.05) is 7.05 Å². The molecule has 4 nitrogen and oxygen atoms in total. The second-order valence-corrected chi connectivity index (χ2v) is 2.19. The van der Waals surface area contributed by atoms with Crippen LogP contribution >= 0.6 is 0 Å². The summed E-state index contributed by atoms with van der Waals surface area (Å²) < 4.78 is 0. The van der Waals surface area contributed by atoms with Gasteiger partial charge in [-0.15, -0.1) is 0 Å². The van der Waals surface area contributed by atoms with E-state index in [1.165, 1.54) is 12.1 Å². The van der Waals surface area contributed by atoms with Crippen LogP contribution in [0.3, 0.4) is 0 Å². The van der Waals surface area contributed by atoms with Crippen molar-refractivity contribution in [3.05, 3.63) is 30.3 Å². The van der Waals surface area contributed by atoms with Crippen molar-refractivity contribution in [1.82, 2.24) is 0 Å². The first-order valence-corrected chi connectivity index (χ1v) is 3.40. The molecule has 12 heavy (non-hydrogen) atoms. The van der Waals surface area contributed by atoms with E-state index in [2.05, 4.69) is 4.84 Å². The molecule has 0 radical (unpaired) electrons. The van der Waals surface area contributed by atoms with Crippen molar-refractivity contribution in [3.8, 4) is 0 Å². The Labute approximate surface area is 69.9 Å². The molecule has 0 aromatic heterocycles. The molecule has 0 spiro atoms. The van der Waals surface area contributed by atoms with Gasteiger partial charge in [0.15, 0.2) is 0 Å². The summed E-state index contributed by atoms with van der Waals surface area (Å²) in [6, 6.07) is 8.96. The van der Waals surface area contributed by atoms with Gasteiger partial charge in [-0.25, -0.2) is 9.86 Å². The van der Waals surface area contributed by atoms with E-state index in [9.17, 15) is 4.79 Å². The van der Waals surface area contributed by atoms with Crippen molar-refractivity contribution in [2.75, 3.05) is 12.1 Å². The van der Waals surface area contributed by atoms with Gasteiger partial charge >= 0.3 is 6.16 Å². The van der Waals surface area contributed by atoms with E-state index in [0.29, 0.717) is 5.69 Å². The first-order valence-electron chi connectivity index (χ1n) is 3.40. The zero-order valence-corrected chi connectivity index (χ0v) is 6.60. The Morgan fingerprint density at radius 3 is 2.50 bits per heavy atom. The maximum absolute atomic E-state index is 10.1. The molecule has 0 aliphatic rings. The fraction of sp³-hybridized carbons (Fsp3) is 0.125. The summed E-state index contributed by atoms with van der Waals surface area (Å²) in [6.45, 7) is 0. The van der Waals surface area contributed by atoms with Crippen molar-refractivity contribution in [3.63, 3.8) is 0 Å². The van der Waals surface area contributed by atoms with Gasteiger partial charge in [0.2, 0.25) is 0 Å². The summed E-state index contributed by atoms with van der Waals surface area (Å²) in [7, 11) is 1.53. The number of nitrogens with zero attached hydrogens (tertiary/aromatic N) is 1. The van der Waals surface area contributed by atoms with Crippen LogP contribution in [0.1, 0.15) is 0 Å². The molecule has 0 aliphatic heterocycles. The number of carbonyl (C=O) groups is 1. The lowest BCUT2D eigenvalue weighted by molar-refractivity contribution is 0.0862. The summed E-state index contributed by atoms with van der Waals surface area (Å²) in [5, 5.41) is 9.46. The molecule has 0 fully saturated rings. The molecule has 1 N–H and O–H groups in total. The molecule has 0 saturated heterocycles. The monoisotopic (exact) mass is 167 g/mol. The van der Waals surface area contributed by atoms with Crippen molar-refractivity contribution >= 4 is 11.8 Å². The second kappa shape index (κ2) is 3.61. The summed E-state index contributed by atoms with van der Waals surface area (Å²) in [4.78, 5) is 14.5. The number of anilines is 1. The smallest absolute Gasteiger partial charge is 0.448 e. The molecule has 64 valence electrons. The van der Waals surface area contributed by atoms with Crippen LogP contribution in [0, 0.1) is 0 Å². The van der Waals surface area contributed by atoms with E-state index in [0.717, 1.165) is 0 Å². The molecule has 0 amide bonds. The van der Waals surface area contributed by atoms with Gasteiger partial charge in [0.25, 0.3) is 0 Å². The van der Waals surface area contributed by atoms with Gasteiger partial charge in [-0.3, -0.25) is 0 Å². The highest BCUT2D eigenvalue weighted by Crippen LogP contribution is 2.10. The highest BCUT2D eigenvalue weighted by Gasteiger charge is 2.04. The third kappa shape index (κ3) is 2.16. The Bertz CT molecular complexity index is 260. The number of hydrogen-bond acceptors (Lipinski definition) is 3. The Hall–Kier alpha value is -1.71. The molecular formula is C8H9NO3. The average molecular weight is 167 g/mol. The number of hydroxylamine groups is 1. The van der Waals surface area contributed by atoms with Gasteiger partial charge in [0.1, 0.15) is 0 Å². The third-order valence-corrected chi connectivity index (χ3v) is 1.33. The van der Waals surface area contributed by atoms with Gasteiger partial charge < -0.3 is 9.94 Å². The van der Waals surface area contributed by atoms with Crippen molar-refractivity contribution < 1.29 is 14.7 Å². The van der Waals surface area contributed by atoms with Crippen molar-refractivity contribution in [1.29, 1.82) is 0 Å². The minimum absolute atomic E-state index is 0.694. The normalized spacial score (nSPS) is 9.08. The lowest BCUT2D eigenvalue weighted by Gasteiger charge is -2.14. The number of carboxylic acid groups (broad SMARTS) is 1. The Morgan fingerprint density at radius 2 is 2.00 bits per heavy atom. The molecule has 0 unspecified atom stereocenters. The van der Waals surface area contributed by atoms with Crippen molar-refractivity contribution in [2.45, 2.75) is 0 Å². The first kappa shape index (κ1) is 8.39. The fourth-order valence-corrected chi connectivity index (χ4v) is 0.808. The van der Waals surface area contributed by atoms with Crippen molar-refractivity contribution in [2.24, 2.45) is 0 Å². The van der Waals surface area contributed by atoms with Crippen LogP contribution in [0.4, 0.5) is 10.5 Å². The topological polar surface area (TPSA) is 49.8 Å². The summed E-state index contributed by atoms with van der Waals surface area (Å²) in [5.41, 5.74) is 0.694. The number of hydrogen-bond donors (Lipinski definition) is 1. The molecule has 4 heteroatoms. The second-order valence-electron chi connectivity index (χ2n) is 2.19. The SMILES string of the molecule is CN(OC(=O)O)c1ccccc1. The van der Waals surface area contributed by atoms with E-state index < -0.39 is 6.16 Å². The molecule has 0 heterocycles. The van der Waals surface area contributed by atoms with E-state index >= 15 is 0 Å². The number of benzene rings is 1. The highest BCUT2D eigenvalue weighted by atomic mass is 16.8. The third-order valence-electron chi connectivity index (χ3n) is 1.33. The number of para-hydroxylation sites is 1. The quantitative estimate of drug-likeness (QED) is 0.681. The van der Waals surface area contributed by atoms with Crippen LogP contribution in [0.5, 0.6) is 0 Å². The molecular weight excluding hydrogens is 158 g/mol. The lowest BCUT2D eigenvalue weighted by Crippen LogP contribution is -2.20. The predicted octanol–water partition coefficient (Wildman–Crippen LogP) is 1.73. The minimum Gasteiger partial charge on any atom is -0.448 e. The maximum atomic E-state index is 10.1. The van der Waals surface area contributed by atoms with Crippen LogP contribution in [-0.2, 0) is 4.84 Å². The van der Waals surface area contributed by atoms with E-state index in [1.54, 1.807) is 24.3 Å². The van der Waals surface area contributed by atoms with Gasteiger partial charge in [0.05, 0.1) is 5.69 Å². The van der Waals surface area contributed by atoms with E-state index in [1.807, 2.05) is 6.07 Å². The average Bonchev–Trinajstić information content (AvgIpc) is 2.05. The lowest BCUT2D eigenvalue weighted by atomic mass is 10.3. The van der Waals surface area contributed by atoms with E-state index in [-0.39, 0.29) is 0 Å². The first-order chi connectivity index (χ1) is 5.70. The van der Waals surface area contributed by atoms with E-state index in [4.69, 9.17) is 5.11 Å². The zero-order chi connectivity index (χ0) is 8.97. The van der Waals surface area contributed by atoms with Crippen LogP contribution in [-0.4, -0.2) is 18.3 Å². The van der Waals surface area contributed by atoms with Crippen LogP contribution < -0.4 is 5.06 Å². The number of rotatable bonds is 2. The Kier molecular flexibility index (Phi) is 2.53. The molecule has 0 saturated carbocycles. The summed E-state index contributed by atoms with van der Waals surface area (Å²) >= 11 is 0. The molecule has 0 bridgehead atoms. The molecule has 0 atom stereocenters. The van der Waals surface area contributed by atoms with Crippen LogP contribution in [0.2, 0.25) is 0 Å². The standard InChI is InChI=1S/C8H9NO3/c1-9(12-8(10)11)7-5-3-2-4-6-7/h2-6H,1H3,(H,10,11). The molecule has 1 aromatic carbocycles. The van der Waals surface area contributed by atoms with Crippen LogP contribution in [0.15, 0.2) is 30.3 Å². The van der Waals surface area contributed by atoms with Gasteiger partial charge in [-0.05, 0) is 12.1 Å². The Morgan fingerprint density at radius 1 is 1.42 bits per heavy atom. The predicted molar refractivity (Wildman–Crippen MR) is 44.0 cm³/mol. The summed E-state index contributed by atoms with van der Waals surface area (Å²) in [5.74, 6) is 0. The summed E-state index contributed by atoms with van der Waals surface area (Å²) in [6.07, 6.45) is -1.32. The molecule has 1 rings (SSSR count). The van der Waals surface area contributed by atoms with Crippen LogP contribution in [0.25, 0.3) is 0 Å². The maximum Gasteiger partial charge on any atom is 0.530 e. The minimum atomic E-state index is -1.32.